The Morgan fingerprint density at radius 2 is 0.644 bits per heavy atom. The van der Waals surface area contributed by atoms with E-state index in [0.29, 0.717) is 0 Å². The molecule has 18 aromatic rings. The zero-order valence-electron chi connectivity index (χ0n) is 47.1. The van der Waals surface area contributed by atoms with Gasteiger partial charge in [-0.05, 0) is 168 Å². The van der Waals surface area contributed by atoms with Gasteiger partial charge in [0.1, 0.15) is 56.2 Å². The third-order valence-corrected chi connectivity index (χ3v) is 18.3. The zero-order chi connectivity index (χ0) is 57.2. The van der Waals surface area contributed by atoms with Crippen LogP contribution in [0.25, 0.3) is 143 Å². The number of hydrogen-bond acceptors (Lipinski definition) is 8. The maximum Gasteiger partial charge on any atom is 0.159 e. The van der Waals surface area contributed by atoms with Gasteiger partial charge in [-0.2, -0.15) is 0 Å². The molecule has 87 heavy (non-hydrogen) atoms. The van der Waals surface area contributed by atoms with E-state index in [4.69, 9.17) is 26.5 Å². The van der Waals surface area contributed by atoms with E-state index in [0.717, 1.165) is 178 Å². The first-order valence-corrected chi connectivity index (χ1v) is 29.4. The molecule has 0 fully saturated rings. The van der Waals surface area contributed by atoms with Gasteiger partial charge in [0.25, 0.3) is 0 Å². The quantitative estimate of drug-likeness (QED) is 0.149. The minimum Gasteiger partial charge on any atom is -0.456 e. The molecule has 0 N–H and O–H groups in total. The molecule has 19 rings (SSSR count). The smallest absolute Gasteiger partial charge is 0.159 e. The van der Waals surface area contributed by atoms with Crippen LogP contribution >= 0.6 is 0 Å². The van der Waals surface area contributed by atoms with E-state index in [-0.39, 0.29) is 5.41 Å². The lowest BCUT2D eigenvalue weighted by Gasteiger charge is -2.25. The molecule has 0 aliphatic heterocycles. The molecule has 6 aromatic heterocycles. The standard InChI is InChI=1S/C79H48N2O6/c1-79(2)63-41-61-55-35-33-51(80(65-19-11-17-57-53-15-5-9-23-69(53)86-77(57)65)49-29-25-45(26-30-49)71-37-47-13-3-7-21-67(47)82-71)39-73(55)84-75(61)43-59(63)60-44-76-62(42-64(60)79)56-36-34-52(40-74(56)85-76)81(66-20-12-18-58-54-16-6-10-24-70(54)87-78(58)66)50-31-27-46(28-32-50)72-38-48-14-4-8-22-68(48)83-72/h3-44H,1-2H3. The summed E-state index contributed by atoms with van der Waals surface area (Å²) >= 11 is 0. The van der Waals surface area contributed by atoms with Crippen molar-refractivity contribution in [2.75, 3.05) is 9.80 Å². The van der Waals surface area contributed by atoms with Crippen LogP contribution in [-0.4, -0.2) is 0 Å². The van der Waals surface area contributed by atoms with Crippen molar-refractivity contribution in [3.8, 4) is 33.8 Å². The molecule has 0 atom stereocenters. The average Bonchev–Trinajstić information content (AvgIpc) is 1.81. The van der Waals surface area contributed by atoms with Gasteiger partial charge in [0.05, 0.1) is 22.7 Å². The Labute approximate surface area is 496 Å². The predicted octanol–water partition coefficient (Wildman–Crippen LogP) is 23.4. The first kappa shape index (κ1) is 48.0. The van der Waals surface area contributed by atoms with E-state index >= 15 is 0 Å². The van der Waals surface area contributed by atoms with Crippen LogP contribution < -0.4 is 9.80 Å². The summed E-state index contributed by atoms with van der Waals surface area (Å²) in [5.74, 6) is 1.64. The summed E-state index contributed by atoms with van der Waals surface area (Å²) in [6.07, 6.45) is 0. The van der Waals surface area contributed by atoms with E-state index in [1.54, 1.807) is 0 Å². The number of nitrogens with zero attached hydrogens (tertiary/aromatic N) is 2. The average molecular weight is 1120 g/mol. The summed E-state index contributed by atoms with van der Waals surface area (Å²) < 4.78 is 40.0. The molecule has 8 nitrogen and oxygen atoms in total. The van der Waals surface area contributed by atoms with Gasteiger partial charge in [0, 0.05) is 93.9 Å². The minimum absolute atomic E-state index is 0.326. The lowest BCUT2D eigenvalue weighted by molar-refractivity contribution is 0.631. The van der Waals surface area contributed by atoms with Crippen molar-refractivity contribution in [3.63, 3.8) is 0 Å². The number of hydrogen-bond donors (Lipinski definition) is 0. The second-order valence-corrected chi connectivity index (χ2v) is 23.5. The number of anilines is 6. The highest BCUT2D eigenvalue weighted by atomic mass is 16.4. The van der Waals surface area contributed by atoms with Crippen LogP contribution in [-0.2, 0) is 5.41 Å². The maximum atomic E-state index is 6.99. The molecule has 0 saturated carbocycles. The molecule has 1 aliphatic carbocycles. The van der Waals surface area contributed by atoms with Gasteiger partial charge in [-0.1, -0.05) is 111 Å². The van der Waals surface area contributed by atoms with Crippen LogP contribution in [0, 0.1) is 0 Å². The Morgan fingerprint density at radius 3 is 1.09 bits per heavy atom. The number of rotatable bonds is 8. The minimum atomic E-state index is -0.326. The fourth-order valence-electron chi connectivity index (χ4n) is 14.0. The second kappa shape index (κ2) is 17.8. The molecular formula is C79H48N2O6. The largest absolute Gasteiger partial charge is 0.456 e. The fraction of sp³-hybridized carbons (Fsp3) is 0.0380. The highest BCUT2D eigenvalue weighted by Gasteiger charge is 2.38. The zero-order valence-corrected chi connectivity index (χ0v) is 47.1. The maximum absolute atomic E-state index is 6.99. The van der Waals surface area contributed by atoms with Crippen molar-refractivity contribution in [2.45, 2.75) is 19.3 Å². The van der Waals surface area contributed by atoms with Crippen LogP contribution in [0.2, 0.25) is 0 Å². The molecule has 410 valence electrons. The molecule has 1 aliphatic rings. The summed E-state index contributed by atoms with van der Waals surface area (Å²) in [4.78, 5) is 4.53. The molecule has 6 heterocycles. The van der Waals surface area contributed by atoms with Crippen molar-refractivity contribution in [1.82, 2.24) is 0 Å². The predicted molar refractivity (Wildman–Crippen MR) is 353 cm³/mol. The Morgan fingerprint density at radius 1 is 0.264 bits per heavy atom. The van der Waals surface area contributed by atoms with Gasteiger partial charge in [-0.25, -0.2) is 0 Å². The van der Waals surface area contributed by atoms with Crippen molar-refractivity contribution in [2.24, 2.45) is 0 Å². The number of fused-ring (bicyclic) bond motifs is 17. The van der Waals surface area contributed by atoms with Crippen molar-refractivity contribution in [3.05, 3.63) is 266 Å². The second-order valence-electron chi connectivity index (χ2n) is 23.5. The van der Waals surface area contributed by atoms with Gasteiger partial charge >= 0.3 is 0 Å². The molecule has 0 radical (unpaired) electrons. The lowest BCUT2D eigenvalue weighted by Crippen LogP contribution is -2.14. The van der Waals surface area contributed by atoms with Gasteiger partial charge < -0.3 is 36.3 Å². The monoisotopic (exact) mass is 1120 g/mol. The summed E-state index contributed by atoms with van der Waals surface area (Å²) in [5, 5.41) is 10.6. The SMILES string of the molecule is CC1(C)c2cc3c(cc2-c2cc4oc5cc(N(c6ccc(-c7cc8ccccc8o7)cc6)c6cccc7c6oc6ccccc67)ccc5c4cc21)oc1cc(N(c2ccc(-c4cc5ccccc5o4)cc2)c2cccc4c2oc2ccccc24)ccc13. The highest BCUT2D eigenvalue weighted by molar-refractivity contribution is 6.15. The first-order valence-electron chi connectivity index (χ1n) is 29.4. The van der Waals surface area contributed by atoms with Crippen molar-refractivity contribution in [1.29, 1.82) is 0 Å². The van der Waals surface area contributed by atoms with Crippen LogP contribution in [0.4, 0.5) is 34.1 Å². The van der Waals surface area contributed by atoms with Crippen molar-refractivity contribution >= 4 is 144 Å². The number of furan rings is 6. The van der Waals surface area contributed by atoms with Gasteiger partial charge in [-0.15, -0.1) is 0 Å². The summed E-state index contributed by atoms with van der Waals surface area (Å²) in [6, 6.07) is 89.1. The molecule has 0 saturated heterocycles. The number of benzene rings is 12. The van der Waals surface area contributed by atoms with E-state index in [1.807, 2.05) is 60.7 Å². The van der Waals surface area contributed by atoms with Gasteiger partial charge in [0.2, 0.25) is 0 Å². The molecule has 12 aromatic carbocycles. The third-order valence-electron chi connectivity index (χ3n) is 18.3. The molecule has 0 unspecified atom stereocenters. The van der Waals surface area contributed by atoms with E-state index in [1.165, 1.54) is 11.1 Å². The Kier molecular flexibility index (Phi) is 9.80. The van der Waals surface area contributed by atoms with Crippen LogP contribution in [0.1, 0.15) is 25.0 Å². The van der Waals surface area contributed by atoms with Gasteiger partial charge in [0.15, 0.2) is 11.2 Å². The molecule has 0 spiro atoms. The summed E-state index contributed by atoms with van der Waals surface area (Å²) in [5.41, 5.74) is 20.3. The fourth-order valence-corrected chi connectivity index (χ4v) is 14.0. The number of para-hydroxylation sites is 6. The lowest BCUT2D eigenvalue weighted by atomic mass is 9.81. The highest BCUT2D eigenvalue weighted by Crippen LogP contribution is 2.54. The van der Waals surface area contributed by atoms with Crippen molar-refractivity contribution < 1.29 is 26.5 Å². The van der Waals surface area contributed by atoms with E-state index in [2.05, 4.69) is 218 Å². The molecule has 0 bridgehead atoms. The van der Waals surface area contributed by atoms with Crippen LogP contribution in [0.3, 0.4) is 0 Å². The summed E-state index contributed by atoms with van der Waals surface area (Å²) in [7, 11) is 0. The molecule has 0 amide bonds. The third kappa shape index (κ3) is 7.13. The Balaban J connectivity index is 0.713. The van der Waals surface area contributed by atoms with Crippen LogP contribution in [0.15, 0.2) is 281 Å². The van der Waals surface area contributed by atoms with Gasteiger partial charge in [-0.3, -0.25) is 0 Å². The van der Waals surface area contributed by atoms with E-state index < -0.39 is 0 Å². The molecule has 8 heteroatoms. The first-order chi connectivity index (χ1) is 42.8. The topological polar surface area (TPSA) is 85.3 Å². The Bertz CT molecular complexity index is 5460. The Hall–Kier alpha value is -11.5. The molecular weight excluding hydrogens is 1070 g/mol. The normalized spacial score (nSPS) is 13.0. The summed E-state index contributed by atoms with van der Waals surface area (Å²) in [6.45, 7) is 4.67. The van der Waals surface area contributed by atoms with Crippen LogP contribution in [0.5, 0.6) is 0 Å². The van der Waals surface area contributed by atoms with E-state index in [9.17, 15) is 0 Å².